The number of rotatable bonds is 3. The summed E-state index contributed by atoms with van der Waals surface area (Å²) in [5.74, 6) is 2.48. The fraction of sp³-hybridized carbons (Fsp3) is 0.714. The van der Waals surface area contributed by atoms with Crippen LogP contribution in [0.2, 0.25) is 5.02 Å². The Morgan fingerprint density at radius 1 is 1.26 bits per heavy atom. The molecule has 5 aliphatic rings. The molecule has 1 aromatic heterocycles. The van der Waals surface area contributed by atoms with Gasteiger partial charge in [0.2, 0.25) is 5.91 Å². The van der Waals surface area contributed by atoms with Crippen LogP contribution in [0.25, 0.3) is 0 Å². The van der Waals surface area contributed by atoms with E-state index in [0.29, 0.717) is 22.8 Å². The topological polar surface area (TPSA) is 65.5 Å². The third-order valence-electron chi connectivity index (χ3n) is 7.50. The molecule has 4 bridgehead atoms. The molecule has 4 saturated carbocycles. The second kappa shape index (κ2) is 6.63. The molecule has 1 amide bonds. The minimum Gasteiger partial charge on any atom is -0.393 e. The lowest BCUT2D eigenvalue weighted by molar-refractivity contribution is -0.163. The Kier molecular flexibility index (Phi) is 4.36. The van der Waals surface area contributed by atoms with E-state index < -0.39 is 0 Å². The molecule has 2 unspecified atom stereocenters. The summed E-state index contributed by atoms with van der Waals surface area (Å²) in [5.41, 5.74) is -0.226. The molecule has 1 aromatic rings. The van der Waals surface area contributed by atoms with Crippen LogP contribution in [-0.2, 0) is 4.79 Å². The number of anilines is 1. The van der Waals surface area contributed by atoms with Crippen LogP contribution >= 0.6 is 11.6 Å². The summed E-state index contributed by atoms with van der Waals surface area (Å²) < 4.78 is 0. The maximum atomic E-state index is 13.3. The lowest BCUT2D eigenvalue weighted by Gasteiger charge is -2.58. The number of nitrogens with zero attached hydrogens (tertiary/aromatic N) is 2. The Labute approximate surface area is 165 Å². The van der Waals surface area contributed by atoms with Crippen molar-refractivity contribution in [3.63, 3.8) is 0 Å². The maximum Gasteiger partial charge on any atom is 0.226 e. The summed E-state index contributed by atoms with van der Waals surface area (Å²) in [6, 6.07) is 3.99. The Hall–Kier alpha value is -1.33. The maximum absolute atomic E-state index is 13.3. The first kappa shape index (κ1) is 17.7. The molecule has 5 fully saturated rings. The van der Waals surface area contributed by atoms with Crippen molar-refractivity contribution in [3.8, 4) is 0 Å². The van der Waals surface area contributed by atoms with Crippen molar-refractivity contribution in [2.24, 2.45) is 23.2 Å². The van der Waals surface area contributed by atoms with Gasteiger partial charge in [-0.25, -0.2) is 4.98 Å². The van der Waals surface area contributed by atoms with Crippen molar-refractivity contribution in [2.45, 2.75) is 57.1 Å². The van der Waals surface area contributed by atoms with E-state index in [-0.39, 0.29) is 23.5 Å². The smallest absolute Gasteiger partial charge is 0.226 e. The van der Waals surface area contributed by atoms with Crippen LogP contribution in [-0.4, -0.2) is 41.2 Å². The van der Waals surface area contributed by atoms with Gasteiger partial charge >= 0.3 is 0 Å². The van der Waals surface area contributed by atoms with Gasteiger partial charge in [-0.15, -0.1) is 0 Å². The first-order valence-corrected chi connectivity index (χ1v) is 10.8. The van der Waals surface area contributed by atoms with E-state index >= 15 is 0 Å². The number of carbonyl (C=O) groups is 1. The molecule has 4 aliphatic carbocycles. The molecule has 1 aliphatic heterocycles. The minimum absolute atomic E-state index is 0.168. The molecule has 2 heterocycles. The van der Waals surface area contributed by atoms with Crippen molar-refractivity contribution >= 4 is 23.3 Å². The van der Waals surface area contributed by atoms with E-state index in [0.717, 1.165) is 63.9 Å². The van der Waals surface area contributed by atoms with Crippen LogP contribution < -0.4 is 10.2 Å². The first-order valence-electron chi connectivity index (χ1n) is 10.4. The summed E-state index contributed by atoms with van der Waals surface area (Å²) in [7, 11) is 0. The Bertz CT molecular complexity index is 709. The number of carbonyl (C=O) groups excluding carboxylic acids is 1. The molecule has 0 radical (unpaired) electrons. The lowest BCUT2D eigenvalue weighted by Crippen LogP contribution is -2.60. The first-order chi connectivity index (χ1) is 13.0. The molecule has 146 valence electrons. The average Bonchev–Trinajstić information content (AvgIpc) is 2.66. The van der Waals surface area contributed by atoms with Crippen LogP contribution in [0.3, 0.4) is 0 Å². The van der Waals surface area contributed by atoms with Gasteiger partial charge in [0.25, 0.3) is 0 Å². The molecule has 3 atom stereocenters. The van der Waals surface area contributed by atoms with Gasteiger partial charge in [0.15, 0.2) is 0 Å². The van der Waals surface area contributed by atoms with Crippen molar-refractivity contribution in [1.29, 1.82) is 0 Å². The van der Waals surface area contributed by atoms with E-state index in [9.17, 15) is 9.90 Å². The summed E-state index contributed by atoms with van der Waals surface area (Å²) >= 11 is 5.95. The molecule has 2 N–H and O–H groups in total. The fourth-order valence-electron chi connectivity index (χ4n) is 6.47. The van der Waals surface area contributed by atoms with E-state index in [1.54, 1.807) is 6.20 Å². The number of piperidine rings is 1. The van der Waals surface area contributed by atoms with Gasteiger partial charge < -0.3 is 15.3 Å². The Morgan fingerprint density at radius 3 is 2.74 bits per heavy atom. The third kappa shape index (κ3) is 3.13. The van der Waals surface area contributed by atoms with Gasteiger partial charge in [-0.3, -0.25) is 4.79 Å². The van der Waals surface area contributed by atoms with E-state index in [2.05, 4.69) is 15.2 Å². The van der Waals surface area contributed by atoms with E-state index in [1.807, 2.05) is 12.1 Å². The Morgan fingerprint density at radius 2 is 2.04 bits per heavy atom. The van der Waals surface area contributed by atoms with Gasteiger partial charge in [0.05, 0.1) is 16.5 Å². The second-order valence-electron chi connectivity index (χ2n) is 9.33. The van der Waals surface area contributed by atoms with Gasteiger partial charge in [-0.05, 0) is 74.8 Å². The number of hydrogen-bond acceptors (Lipinski definition) is 4. The van der Waals surface area contributed by atoms with Gasteiger partial charge in [-0.2, -0.15) is 0 Å². The average molecular weight is 390 g/mol. The monoisotopic (exact) mass is 389 g/mol. The normalized spacial score (nSPS) is 40.2. The SMILES string of the molecule is O=C(N[C@H]1CCCN(c2ccc(Cl)cn2)C1)C12CC3CC(C1)C(O)C(C3)C2. The van der Waals surface area contributed by atoms with Crippen molar-refractivity contribution in [3.05, 3.63) is 23.4 Å². The molecule has 0 spiro atoms. The summed E-state index contributed by atoms with van der Waals surface area (Å²) in [6.45, 7) is 1.76. The summed E-state index contributed by atoms with van der Waals surface area (Å²) in [6.07, 6.45) is 8.58. The van der Waals surface area contributed by atoms with Crippen molar-refractivity contribution in [2.75, 3.05) is 18.0 Å². The second-order valence-corrected chi connectivity index (χ2v) is 9.77. The molecule has 0 aromatic carbocycles. The number of halogens is 1. The number of hydrogen-bond donors (Lipinski definition) is 2. The Balaban J connectivity index is 1.26. The molecule has 6 rings (SSSR count). The zero-order chi connectivity index (χ0) is 18.6. The van der Waals surface area contributed by atoms with Gasteiger partial charge in [-0.1, -0.05) is 11.6 Å². The van der Waals surface area contributed by atoms with E-state index in [4.69, 9.17) is 11.6 Å². The number of aliphatic hydroxyl groups excluding tert-OH is 1. The lowest BCUT2D eigenvalue weighted by atomic mass is 9.48. The fourth-order valence-corrected chi connectivity index (χ4v) is 6.58. The number of aromatic nitrogens is 1. The molecule has 27 heavy (non-hydrogen) atoms. The number of pyridine rings is 1. The molecule has 6 heteroatoms. The quantitative estimate of drug-likeness (QED) is 0.834. The zero-order valence-electron chi connectivity index (χ0n) is 15.6. The van der Waals surface area contributed by atoms with Crippen molar-refractivity contribution < 1.29 is 9.90 Å². The molecule has 1 saturated heterocycles. The van der Waals surface area contributed by atoms with Crippen LogP contribution in [0, 0.1) is 23.2 Å². The molecular formula is C21H28ClN3O2. The molecular weight excluding hydrogens is 362 g/mol. The zero-order valence-corrected chi connectivity index (χ0v) is 16.4. The number of amides is 1. The van der Waals surface area contributed by atoms with E-state index in [1.165, 1.54) is 0 Å². The van der Waals surface area contributed by atoms with Gasteiger partial charge in [0.1, 0.15) is 5.82 Å². The number of nitrogens with one attached hydrogen (secondary N) is 1. The predicted octanol–water partition coefficient (Wildman–Crippen LogP) is 3.01. The highest BCUT2D eigenvalue weighted by Gasteiger charge is 2.58. The number of aliphatic hydroxyl groups is 1. The third-order valence-corrected chi connectivity index (χ3v) is 7.72. The highest BCUT2D eigenvalue weighted by Crippen LogP contribution is 2.60. The van der Waals surface area contributed by atoms with Crippen LogP contribution in [0.5, 0.6) is 0 Å². The standard InChI is InChI=1S/C21H28ClN3O2/c22-16-3-4-18(23-11-16)25-5-1-2-17(12-25)24-20(27)21-8-13-6-14(9-21)19(26)15(7-13)10-21/h3-4,11,13-15,17,19,26H,1-2,5-10,12H2,(H,24,27)/t13?,14?,15?,17-,19?,21?/m0/s1. The van der Waals surface area contributed by atoms with Crippen LogP contribution in [0.15, 0.2) is 18.3 Å². The summed E-state index contributed by atoms with van der Waals surface area (Å²) in [4.78, 5) is 20.0. The molecule has 5 nitrogen and oxygen atoms in total. The predicted molar refractivity (Wildman–Crippen MR) is 105 cm³/mol. The summed E-state index contributed by atoms with van der Waals surface area (Å²) in [5, 5.41) is 14.5. The van der Waals surface area contributed by atoms with Crippen LogP contribution in [0.4, 0.5) is 5.82 Å². The van der Waals surface area contributed by atoms with Crippen molar-refractivity contribution in [1.82, 2.24) is 10.3 Å². The van der Waals surface area contributed by atoms with Crippen LogP contribution in [0.1, 0.15) is 44.9 Å². The minimum atomic E-state index is -0.226. The highest BCUT2D eigenvalue weighted by molar-refractivity contribution is 6.30. The largest absolute Gasteiger partial charge is 0.393 e. The van der Waals surface area contributed by atoms with Gasteiger partial charge in [0, 0.05) is 25.3 Å². The highest BCUT2D eigenvalue weighted by atomic mass is 35.5.